The van der Waals surface area contributed by atoms with Crippen molar-refractivity contribution in [3.63, 3.8) is 0 Å². The van der Waals surface area contributed by atoms with Gasteiger partial charge in [-0.3, -0.25) is 0 Å². The van der Waals surface area contributed by atoms with E-state index < -0.39 is 0 Å². The first-order chi connectivity index (χ1) is 8.18. The first-order valence-corrected chi connectivity index (χ1v) is 6.42. The Bertz CT molecular complexity index is 374. The van der Waals surface area contributed by atoms with E-state index in [1.807, 2.05) is 14.1 Å². The van der Waals surface area contributed by atoms with Crippen molar-refractivity contribution in [1.29, 1.82) is 0 Å². The van der Waals surface area contributed by atoms with Crippen LogP contribution >= 0.6 is 0 Å². The van der Waals surface area contributed by atoms with Crippen molar-refractivity contribution in [2.24, 2.45) is 0 Å². The van der Waals surface area contributed by atoms with Gasteiger partial charge in [0.15, 0.2) is 0 Å². The van der Waals surface area contributed by atoms with E-state index in [1.54, 1.807) is 0 Å². The first kappa shape index (κ1) is 12.2. The molecule has 0 aliphatic heterocycles. The molecule has 0 radical (unpaired) electrons. The van der Waals surface area contributed by atoms with Crippen molar-refractivity contribution < 1.29 is 4.79 Å². The number of rotatable bonds is 3. The molecule has 92 valence electrons. The van der Waals surface area contributed by atoms with Crippen LogP contribution in [0.5, 0.6) is 0 Å². The van der Waals surface area contributed by atoms with Crippen molar-refractivity contribution in [2.75, 3.05) is 19.0 Å². The van der Waals surface area contributed by atoms with Gasteiger partial charge in [-0.05, 0) is 30.5 Å². The van der Waals surface area contributed by atoms with E-state index in [9.17, 15) is 4.79 Å². The van der Waals surface area contributed by atoms with Crippen molar-refractivity contribution in [1.82, 2.24) is 0 Å². The second-order valence-electron chi connectivity index (χ2n) is 5.28. The fraction of sp³-hybridized carbons (Fsp3) is 0.533. The molecule has 0 N–H and O–H groups in total. The molecular weight excluding hydrogens is 210 g/mol. The molecule has 0 amide bonds. The van der Waals surface area contributed by atoms with E-state index in [0.717, 1.165) is 12.8 Å². The minimum absolute atomic E-state index is 0.205. The lowest BCUT2D eigenvalue weighted by atomic mass is 9.70. The number of anilines is 1. The molecule has 0 bridgehead atoms. The van der Waals surface area contributed by atoms with Gasteiger partial charge in [-0.1, -0.05) is 31.4 Å². The molecule has 1 fully saturated rings. The molecule has 2 rings (SSSR count). The van der Waals surface area contributed by atoms with Crippen molar-refractivity contribution in [3.8, 4) is 0 Å². The number of aldehydes is 1. The van der Waals surface area contributed by atoms with E-state index in [1.165, 1.54) is 36.8 Å². The highest BCUT2D eigenvalue weighted by atomic mass is 16.1. The van der Waals surface area contributed by atoms with E-state index in [2.05, 4.69) is 29.2 Å². The average molecular weight is 231 g/mol. The number of carbonyl (C=O) groups excluding carboxylic acids is 1. The van der Waals surface area contributed by atoms with Crippen LogP contribution in [0.15, 0.2) is 24.3 Å². The molecule has 0 heterocycles. The second-order valence-corrected chi connectivity index (χ2v) is 5.28. The van der Waals surface area contributed by atoms with Gasteiger partial charge in [-0.15, -0.1) is 0 Å². The maximum absolute atomic E-state index is 11.5. The summed E-state index contributed by atoms with van der Waals surface area (Å²) in [6, 6.07) is 8.45. The van der Waals surface area contributed by atoms with Crippen LogP contribution in [0.3, 0.4) is 0 Å². The summed E-state index contributed by atoms with van der Waals surface area (Å²) in [5, 5.41) is 0. The normalized spacial score (nSPS) is 18.7. The molecule has 0 unspecified atom stereocenters. The van der Waals surface area contributed by atoms with E-state index >= 15 is 0 Å². The Labute approximate surface area is 104 Å². The Kier molecular flexibility index (Phi) is 3.51. The fourth-order valence-corrected chi connectivity index (χ4v) is 2.75. The van der Waals surface area contributed by atoms with Gasteiger partial charge in [-0.25, -0.2) is 0 Å². The molecule has 1 aliphatic rings. The van der Waals surface area contributed by atoms with E-state index in [-0.39, 0.29) is 5.41 Å². The molecule has 1 aliphatic carbocycles. The minimum Gasteiger partial charge on any atom is -0.378 e. The number of hydrogen-bond acceptors (Lipinski definition) is 2. The molecule has 1 saturated carbocycles. The third kappa shape index (κ3) is 2.36. The summed E-state index contributed by atoms with van der Waals surface area (Å²) in [5.74, 6) is 0. The van der Waals surface area contributed by atoms with Gasteiger partial charge in [0, 0.05) is 19.8 Å². The summed E-state index contributed by atoms with van der Waals surface area (Å²) >= 11 is 0. The molecular formula is C15H21NO. The number of benzene rings is 1. The van der Waals surface area contributed by atoms with Gasteiger partial charge < -0.3 is 9.69 Å². The monoisotopic (exact) mass is 231 g/mol. The lowest BCUT2D eigenvalue weighted by Gasteiger charge is -2.32. The molecule has 0 aromatic heterocycles. The Balaban J connectivity index is 2.27. The summed E-state index contributed by atoms with van der Waals surface area (Å²) in [5.41, 5.74) is 2.17. The maximum Gasteiger partial charge on any atom is 0.130 e. The van der Waals surface area contributed by atoms with Crippen LogP contribution in [0.1, 0.15) is 37.7 Å². The average Bonchev–Trinajstić information content (AvgIpc) is 2.39. The van der Waals surface area contributed by atoms with Gasteiger partial charge >= 0.3 is 0 Å². The molecule has 0 atom stereocenters. The van der Waals surface area contributed by atoms with Crippen molar-refractivity contribution >= 4 is 12.0 Å². The molecule has 0 spiro atoms. The third-order valence-electron chi connectivity index (χ3n) is 3.93. The van der Waals surface area contributed by atoms with Gasteiger partial charge in [0.2, 0.25) is 0 Å². The van der Waals surface area contributed by atoms with Gasteiger partial charge in [0.25, 0.3) is 0 Å². The maximum atomic E-state index is 11.5. The number of nitrogens with zero attached hydrogens (tertiary/aromatic N) is 1. The highest BCUT2D eigenvalue weighted by Crippen LogP contribution is 2.38. The van der Waals surface area contributed by atoms with Crippen LogP contribution in [-0.4, -0.2) is 20.4 Å². The van der Waals surface area contributed by atoms with Crippen LogP contribution in [0.4, 0.5) is 5.69 Å². The third-order valence-corrected chi connectivity index (χ3v) is 3.93. The topological polar surface area (TPSA) is 20.3 Å². The summed E-state index contributed by atoms with van der Waals surface area (Å²) in [6.07, 6.45) is 6.82. The SMILES string of the molecule is CN(C)c1ccc(C2(C=O)CCCCC2)cc1. The highest BCUT2D eigenvalue weighted by molar-refractivity contribution is 5.69. The van der Waals surface area contributed by atoms with Crippen LogP contribution in [0.2, 0.25) is 0 Å². The van der Waals surface area contributed by atoms with Gasteiger partial charge in [0.05, 0.1) is 5.41 Å². The number of carbonyl (C=O) groups is 1. The van der Waals surface area contributed by atoms with Crippen LogP contribution in [0.25, 0.3) is 0 Å². The fourth-order valence-electron chi connectivity index (χ4n) is 2.75. The quantitative estimate of drug-likeness (QED) is 0.745. The van der Waals surface area contributed by atoms with Gasteiger partial charge in [-0.2, -0.15) is 0 Å². The molecule has 0 saturated heterocycles. The second kappa shape index (κ2) is 4.91. The van der Waals surface area contributed by atoms with Crippen molar-refractivity contribution in [2.45, 2.75) is 37.5 Å². The Hall–Kier alpha value is -1.31. The molecule has 2 heteroatoms. The van der Waals surface area contributed by atoms with Crippen molar-refractivity contribution in [3.05, 3.63) is 29.8 Å². The highest BCUT2D eigenvalue weighted by Gasteiger charge is 2.33. The largest absolute Gasteiger partial charge is 0.378 e. The Morgan fingerprint density at radius 1 is 1.06 bits per heavy atom. The standard InChI is InChI=1S/C15H21NO/c1-16(2)14-8-6-13(7-9-14)15(12-17)10-4-3-5-11-15/h6-9,12H,3-5,10-11H2,1-2H3. The zero-order valence-electron chi connectivity index (χ0n) is 10.8. The summed E-state index contributed by atoms with van der Waals surface area (Å²) in [6.45, 7) is 0. The van der Waals surface area contributed by atoms with Crippen LogP contribution < -0.4 is 4.90 Å². The van der Waals surface area contributed by atoms with Gasteiger partial charge in [0.1, 0.15) is 6.29 Å². The molecule has 1 aromatic rings. The summed E-state index contributed by atoms with van der Waals surface area (Å²) < 4.78 is 0. The summed E-state index contributed by atoms with van der Waals surface area (Å²) in [7, 11) is 4.07. The Morgan fingerprint density at radius 3 is 2.12 bits per heavy atom. The molecule has 2 nitrogen and oxygen atoms in total. The zero-order valence-corrected chi connectivity index (χ0v) is 10.8. The molecule has 1 aromatic carbocycles. The minimum atomic E-state index is -0.205. The predicted molar refractivity (Wildman–Crippen MR) is 71.6 cm³/mol. The lowest BCUT2D eigenvalue weighted by molar-refractivity contribution is -0.113. The first-order valence-electron chi connectivity index (χ1n) is 6.42. The van der Waals surface area contributed by atoms with E-state index in [4.69, 9.17) is 0 Å². The number of hydrogen-bond donors (Lipinski definition) is 0. The smallest absolute Gasteiger partial charge is 0.130 e. The summed E-state index contributed by atoms with van der Waals surface area (Å²) in [4.78, 5) is 13.6. The zero-order chi connectivity index (χ0) is 12.3. The predicted octanol–water partition coefficient (Wildman–Crippen LogP) is 3.15. The van der Waals surface area contributed by atoms with E-state index in [0.29, 0.717) is 0 Å². The van der Waals surface area contributed by atoms with Crippen LogP contribution in [0, 0.1) is 0 Å². The molecule has 17 heavy (non-hydrogen) atoms. The lowest BCUT2D eigenvalue weighted by Crippen LogP contribution is -2.30. The van der Waals surface area contributed by atoms with Crippen LogP contribution in [-0.2, 0) is 10.2 Å². The Morgan fingerprint density at radius 2 is 1.65 bits per heavy atom.